The van der Waals surface area contributed by atoms with Gasteiger partial charge in [0, 0.05) is 57.4 Å². The van der Waals surface area contributed by atoms with Gasteiger partial charge in [0.1, 0.15) is 0 Å². The molecule has 2 aromatic carbocycles. The van der Waals surface area contributed by atoms with Crippen molar-refractivity contribution in [2.24, 2.45) is 0 Å². The Morgan fingerprint density at radius 3 is 2.78 bits per heavy atom. The van der Waals surface area contributed by atoms with Crippen LogP contribution in [-0.4, -0.2) is 29.0 Å². The molecule has 0 aliphatic carbocycles. The van der Waals surface area contributed by atoms with Crippen molar-refractivity contribution in [3.05, 3.63) is 72.1 Å². The van der Waals surface area contributed by atoms with Gasteiger partial charge in [-0.2, -0.15) is 0 Å². The predicted molar refractivity (Wildman–Crippen MR) is 120 cm³/mol. The van der Waals surface area contributed by atoms with Gasteiger partial charge in [0.25, 0.3) is 0 Å². The summed E-state index contributed by atoms with van der Waals surface area (Å²) in [6.45, 7) is 9.69. The molecular weight excluding hydrogens is 330 g/mol. The first-order valence-corrected chi connectivity index (χ1v) is 10.1. The highest BCUT2D eigenvalue weighted by atomic mass is 15.2. The number of likely N-dealkylation sites (tertiary alicyclic amines) is 1. The van der Waals surface area contributed by atoms with Crippen LogP contribution >= 0.6 is 0 Å². The van der Waals surface area contributed by atoms with Crippen molar-refractivity contribution in [3.8, 4) is 0 Å². The standard InChI is InChI=1S/C21H23N3.C3H8.2H2/c1-16-4-2-5-17(12-16)14-24-11-9-19(15-24)23-21-7-3-6-18-13-22-10-8-20(18)21;1-3-2;;/h2-8,10,12-13,19,23H,9,11,14-15H2,1H3;3H2,1-2H3;2*1H/t19-;;;/m1.../s1. The van der Waals surface area contributed by atoms with Crippen LogP contribution in [0, 0.1) is 6.92 Å². The van der Waals surface area contributed by atoms with Crippen LogP contribution in [0.3, 0.4) is 0 Å². The third-order valence-corrected chi connectivity index (χ3v) is 4.80. The number of fused-ring (bicyclic) bond motifs is 1. The second-order valence-electron chi connectivity index (χ2n) is 7.46. The third-order valence-electron chi connectivity index (χ3n) is 4.80. The summed E-state index contributed by atoms with van der Waals surface area (Å²) in [5, 5.41) is 6.19. The molecule has 0 radical (unpaired) electrons. The summed E-state index contributed by atoms with van der Waals surface area (Å²) >= 11 is 0. The maximum atomic E-state index is 4.22. The van der Waals surface area contributed by atoms with E-state index in [4.69, 9.17) is 0 Å². The van der Waals surface area contributed by atoms with Crippen LogP contribution in [-0.2, 0) is 6.54 Å². The quantitative estimate of drug-likeness (QED) is 0.602. The number of rotatable bonds is 4. The average molecular weight is 366 g/mol. The summed E-state index contributed by atoms with van der Waals surface area (Å²) in [4.78, 5) is 6.76. The summed E-state index contributed by atoms with van der Waals surface area (Å²) in [5.41, 5.74) is 3.97. The number of pyridine rings is 1. The highest BCUT2D eigenvalue weighted by molar-refractivity contribution is 5.93. The first kappa shape index (κ1) is 19.4. The molecule has 4 rings (SSSR count). The molecule has 1 aromatic heterocycles. The van der Waals surface area contributed by atoms with E-state index in [1.165, 1.54) is 40.4 Å². The van der Waals surface area contributed by atoms with Crippen LogP contribution in [0.15, 0.2) is 60.9 Å². The zero-order valence-electron chi connectivity index (χ0n) is 16.8. The average Bonchev–Trinajstić information content (AvgIpc) is 3.10. The van der Waals surface area contributed by atoms with Gasteiger partial charge >= 0.3 is 0 Å². The van der Waals surface area contributed by atoms with Gasteiger partial charge in [-0.15, -0.1) is 0 Å². The Labute approximate surface area is 166 Å². The zero-order valence-corrected chi connectivity index (χ0v) is 16.8. The number of hydrogen-bond donors (Lipinski definition) is 1. The SMILES string of the molecule is CCC.Cc1cccc(CN2CC[C@@H](Nc3cccc4cnccc34)C2)c1.[HH].[HH]. The molecule has 0 amide bonds. The van der Waals surface area contributed by atoms with Crippen LogP contribution < -0.4 is 5.32 Å². The molecule has 0 unspecified atom stereocenters. The number of nitrogens with zero attached hydrogens (tertiary/aromatic N) is 2. The Morgan fingerprint density at radius 2 is 1.96 bits per heavy atom. The lowest BCUT2D eigenvalue weighted by Gasteiger charge is -2.18. The van der Waals surface area contributed by atoms with Gasteiger partial charge in [-0.05, 0) is 31.0 Å². The van der Waals surface area contributed by atoms with E-state index >= 15 is 0 Å². The minimum atomic E-state index is 0. The number of aryl methyl sites for hydroxylation is 1. The van der Waals surface area contributed by atoms with Crippen molar-refractivity contribution in [1.29, 1.82) is 0 Å². The molecule has 1 aliphatic heterocycles. The fourth-order valence-corrected chi connectivity index (χ4v) is 3.63. The Bertz CT molecular complexity index is 864. The predicted octanol–water partition coefficient (Wildman–Crippen LogP) is 6.14. The molecule has 27 heavy (non-hydrogen) atoms. The summed E-state index contributed by atoms with van der Waals surface area (Å²) in [6, 6.07) is 17.8. The molecule has 1 fully saturated rings. The Morgan fingerprint density at radius 1 is 1.15 bits per heavy atom. The van der Waals surface area contributed by atoms with Crippen molar-refractivity contribution in [3.63, 3.8) is 0 Å². The van der Waals surface area contributed by atoms with E-state index in [-0.39, 0.29) is 2.85 Å². The second-order valence-corrected chi connectivity index (χ2v) is 7.46. The first-order valence-electron chi connectivity index (χ1n) is 10.1. The smallest absolute Gasteiger partial charge is 0.0423 e. The highest BCUT2D eigenvalue weighted by Gasteiger charge is 2.22. The van der Waals surface area contributed by atoms with Crippen molar-refractivity contribution in [2.45, 2.75) is 46.2 Å². The molecule has 3 heteroatoms. The molecule has 0 spiro atoms. The lowest BCUT2D eigenvalue weighted by molar-refractivity contribution is 0.328. The van der Waals surface area contributed by atoms with E-state index in [0.717, 1.165) is 19.6 Å². The Kier molecular flexibility index (Phi) is 6.83. The van der Waals surface area contributed by atoms with Gasteiger partial charge in [-0.25, -0.2) is 0 Å². The van der Waals surface area contributed by atoms with E-state index in [1.807, 2.05) is 12.4 Å². The molecule has 3 aromatic rings. The fourth-order valence-electron chi connectivity index (χ4n) is 3.63. The van der Waals surface area contributed by atoms with Crippen LogP contribution in [0.25, 0.3) is 10.8 Å². The topological polar surface area (TPSA) is 28.2 Å². The maximum absolute atomic E-state index is 4.22. The fraction of sp³-hybridized carbons (Fsp3) is 0.375. The second kappa shape index (κ2) is 9.52. The number of hydrogen-bond acceptors (Lipinski definition) is 3. The van der Waals surface area contributed by atoms with E-state index in [1.54, 1.807) is 0 Å². The van der Waals surface area contributed by atoms with E-state index in [0.29, 0.717) is 6.04 Å². The summed E-state index contributed by atoms with van der Waals surface area (Å²) < 4.78 is 0. The number of nitrogens with one attached hydrogen (secondary N) is 1. The van der Waals surface area contributed by atoms with Crippen molar-refractivity contribution in [1.82, 2.24) is 9.88 Å². The van der Waals surface area contributed by atoms with Gasteiger partial charge in [0.2, 0.25) is 0 Å². The first-order chi connectivity index (χ1) is 13.2. The lowest BCUT2D eigenvalue weighted by atomic mass is 10.1. The van der Waals surface area contributed by atoms with E-state index < -0.39 is 0 Å². The summed E-state index contributed by atoms with van der Waals surface area (Å²) in [5.74, 6) is 0. The van der Waals surface area contributed by atoms with Crippen LogP contribution in [0.2, 0.25) is 0 Å². The summed E-state index contributed by atoms with van der Waals surface area (Å²) in [7, 11) is 0. The molecular formula is C24H35N3. The normalized spacial score (nSPS) is 16.8. The van der Waals surface area contributed by atoms with E-state index in [9.17, 15) is 0 Å². The van der Waals surface area contributed by atoms with Crippen molar-refractivity contribution in [2.75, 3.05) is 18.4 Å². The highest BCUT2D eigenvalue weighted by Crippen LogP contribution is 2.25. The molecule has 146 valence electrons. The monoisotopic (exact) mass is 365 g/mol. The molecule has 1 N–H and O–H groups in total. The Balaban J connectivity index is 0.000000794. The molecule has 0 bridgehead atoms. The van der Waals surface area contributed by atoms with Crippen molar-refractivity contribution < 1.29 is 2.85 Å². The Hall–Kier alpha value is -2.39. The summed E-state index contributed by atoms with van der Waals surface area (Å²) in [6.07, 6.45) is 6.23. The van der Waals surface area contributed by atoms with Gasteiger partial charge in [0.05, 0.1) is 0 Å². The molecule has 3 nitrogen and oxygen atoms in total. The van der Waals surface area contributed by atoms with Gasteiger partial charge < -0.3 is 5.32 Å². The lowest BCUT2D eigenvalue weighted by Crippen LogP contribution is -2.26. The van der Waals surface area contributed by atoms with Crippen LogP contribution in [0.1, 0.15) is 40.7 Å². The van der Waals surface area contributed by atoms with Crippen LogP contribution in [0.4, 0.5) is 5.69 Å². The molecule has 1 saturated heterocycles. The largest absolute Gasteiger partial charge is 0.380 e. The number of aromatic nitrogens is 1. The minimum absolute atomic E-state index is 0. The van der Waals surface area contributed by atoms with Gasteiger partial charge in [-0.3, -0.25) is 9.88 Å². The third kappa shape index (κ3) is 5.30. The van der Waals surface area contributed by atoms with Crippen molar-refractivity contribution >= 4 is 16.5 Å². The maximum Gasteiger partial charge on any atom is 0.0423 e. The van der Waals surface area contributed by atoms with E-state index in [2.05, 4.69) is 84.5 Å². The molecule has 2 heterocycles. The number of anilines is 1. The molecule has 0 saturated carbocycles. The van der Waals surface area contributed by atoms with Gasteiger partial charge in [-0.1, -0.05) is 62.2 Å². The van der Waals surface area contributed by atoms with Crippen LogP contribution in [0.5, 0.6) is 0 Å². The van der Waals surface area contributed by atoms with Gasteiger partial charge in [0.15, 0.2) is 0 Å². The molecule has 1 atom stereocenters. The number of benzene rings is 2. The molecule has 1 aliphatic rings. The minimum Gasteiger partial charge on any atom is -0.380 e. The zero-order chi connectivity index (χ0) is 19.1.